The van der Waals surface area contributed by atoms with Gasteiger partial charge in [-0.05, 0) is 108 Å². The minimum atomic E-state index is -0.682. The van der Waals surface area contributed by atoms with Crippen LogP contribution >= 0.6 is 0 Å². The van der Waals surface area contributed by atoms with Crippen molar-refractivity contribution in [3.05, 3.63) is 72.4 Å². The molecule has 0 spiro atoms. The minimum Gasteiger partial charge on any atom is -0.453 e. The van der Waals surface area contributed by atoms with E-state index in [4.69, 9.17) is 24.2 Å². The van der Waals surface area contributed by atoms with Crippen molar-refractivity contribution in [3.8, 4) is 22.4 Å². The number of amides is 4. The third-order valence-corrected chi connectivity index (χ3v) is 13.8. The van der Waals surface area contributed by atoms with Crippen LogP contribution in [0.3, 0.4) is 0 Å². The average Bonchev–Trinajstić information content (AvgIpc) is 3.90. The van der Waals surface area contributed by atoms with Crippen molar-refractivity contribution < 1.29 is 33.4 Å². The van der Waals surface area contributed by atoms with E-state index < -0.39 is 24.3 Å². The van der Waals surface area contributed by atoms with Gasteiger partial charge in [-0.2, -0.15) is 0 Å². The molecule has 3 aromatic carbocycles. The molecule has 4 amide bonds. The number of fused-ring (bicyclic) bond motifs is 4. The van der Waals surface area contributed by atoms with Gasteiger partial charge in [-0.25, -0.2) is 19.6 Å². The van der Waals surface area contributed by atoms with Crippen LogP contribution in [0.25, 0.3) is 44.2 Å². The number of likely N-dealkylation sites (tertiary alicyclic amines) is 2. The van der Waals surface area contributed by atoms with Crippen LogP contribution in [-0.2, 0) is 23.8 Å². The quantitative estimate of drug-likeness (QED) is 0.120. The van der Waals surface area contributed by atoms with Crippen molar-refractivity contribution in [2.75, 3.05) is 27.4 Å². The van der Waals surface area contributed by atoms with Gasteiger partial charge in [0.1, 0.15) is 23.7 Å². The van der Waals surface area contributed by atoms with Gasteiger partial charge in [0.25, 0.3) is 0 Å². The average molecular weight is 829 g/mol. The maximum absolute atomic E-state index is 14.3. The summed E-state index contributed by atoms with van der Waals surface area (Å²) < 4.78 is 15.3. The molecule has 3 aliphatic heterocycles. The summed E-state index contributed by atoms with van der Waals surface area (Å²) in [5.41, 5.74) is 5.73. The van der Waals surface area contributed by atoms with Crippen molar-refractivity contribution in [1.29, 1.82) is 0 Å². The number of alkyl carbamates (subject to hydrolysis) is 2. The highest BCUT2D eigenvalue weighted by atomic mass is 16.5. The van der Waals surface area contributed by atoms with Crippen molar-refractivity contribution in [2.24, 2.45) is 23.7 Å². The molecule has 0 radical (unpaired) electrons. The van der Waals surface area contributed by atoms with Crippen LogP contribution in [0.2, 0.25) is 0 Å². The fraction of sp³-hybridized carbons (Fsp3) is 0.478. The Morgan fingerprint density at radius 2 is 1.34 bits per heavy atom. The Kier molecular flexibility index (Phi) is 9.96. The largest absolute Gasteiger partial charge is 0.453 e. The van der Waals surface area contributed by atoms with E-state index in [2.05, 4.69) is 69.1 Å². The molecule has 5 aliphatic rings. The van der Waals surface area contributed by atoms with Gasteiger partial charge >= 0.3 is 12.2 Å². The Labute approximate surface area is 353 Å². The maximum Gasteiger partial charge on any atom is 0.407 e. The number of H-pyrrole nitrogens is 2. The molecule has 8 atom stereocenters. The van der Waals surface area contributed by atoms with Crippen molar-refractivity contribution in [2.45, 2.75) is 88.6 Å². The number of hydrogen-bond donors (Lipinski definition) is 4. The second-order valence-corrected chi connectivity index (χ2v) is 17.9. The van der Waals surface area contributed by atoms with Crippen molar-refractivity contribution in [1.82, 2.24) is 40.4 Å². The smallest absolute Gasteiger partial charge is 0.407 e. The zero-order valence-electron chi connectivity index (χ0n) is 34.9. The lowest BCUT2D eigenvalue weighted by Gasteiger charge is -2.35. The molecule has 2 aliphatic carbocycles. The molecule has 5 fully saturated rings. The van der Waals surface area contributed by atoms with Crippen molar-refractivity contribution in [3.63, 3.8) is 0 Å². The summed E-state index contributed by atoms with van der Waals surface area (Å²) >= 11 is 0. The Bertz CT molecular complexity index is 2530. The number of aromatic nitrogens is 4. The number of methoxy groups -OCH3 is 2. The second kappa shape index (κ2) is 15.5. The monoisotopic (exact) mass is 828 g/mol. The van der Waals surface area contributed by atoms with E-state index in [1.165, 1.54) is 14.2 Å². The number of carbonyl (C=O) groups excluding carboxylic acids is 4. The number of piperidine rings is 2. The van der Waals surface area contributed by atoms with E-state index in [1.807, 2.05) is 35.9 Å². The standard InChI is InChI=1S/C46H52N8O7/c1-23(2)39(51-45(57)59-3)43(55)53-35-18-30(35)20-37(53)41-47-22-34(50-41)29-8-7-25-15-26(5-6-27(25)16-29)28-9-10-32-33(17-28)49-42(48-32)38-21-31-19-36(31)54(38)44(56)40(52-46(58)60-4)24-11-13-61-14-12-24/h5-10,15-17,22-24,30-31,35-40H,11-14,18-21H2,1-4H3,(H,47,50)(H,48,49)(H,51,57)(H,52,58)/t30-,31-,35-,36-,37+,38+,39+,40+/m1/s1. The molecule has 2 saturated carbocycles. The van der Waals surface area contributed by atoms with Gasteiger partial charge < -0.3 is 44.6 Å². The second-order valence-electron chi connectivity index (χ2n) is 17.9. The first-order valence-electron chi connectivity index (χ1n) is 21.6. The Balaban J connectivity index is 0.860. The highest BCUT2D eigenvalue weighted by Crippen LogP contribution is 2.55. The van der Waals surface area contributed by atoms with E-state index in [0.717, 1.165) is 81.5 Å². The number of nitrogens with zero attached hydrogens (tertiary/aromatic N) is 4. The van der Waals surface area contributed by atoms with E-state index >= 15 is 0 Å². The molecular weight excluding hydrogens is 777 g/mol. The van der Waals surface area contributed by atoms with Crippen LogP contribution in [-0.4, -0.2) is 105 Å². The van der Waals surface area contributed by atoms with Gasteiger partial charge in [0.05, 0.1) is 49.2 Å². The van der Waals surface area contributed by atoms with Crippen LogP contribution in [0.1, 0.15) is 76.1 Å². The fourth-order valence-electron chi connectivity index (χ4n) is 10.3. The van der Waals surface area contributed by atoms with Crippen LogP contribution in [0.15, 0.2) is 60.8 Å². The normalized spacial score (nSPS) is 25.3. The van der Waals surface area contributed by atoms with E-state index in [1.54, 1.807) is 0 Å². The molecule has 0 bridgehead atoms. The topological polar surface area (TPSA) is 184 Å². The van der Waals surface area contributed by atoms with Crippen LogP contribution < -0.4 is 10.6 Å². The molecule has 0 unspecified atom stereocenters. The van der Waals surface area contributed by atoms with Gasteiger partial charge in [-0.3, -0.25) is 9.59 Å². The number of rotatable bonds is 10. The van der Waals surface area contributed by atoms with Gasteiger partial charge in [0.15, 0.2) is 0 Å². The first-order chi connectivity index (χ1) is 29.6. The predicted octanol–water partition coefficient (Wildman–Crippen LogP) is 6.63. The zero-order chi connectivity index (χ0) is 42.1. The minimum absolute atomic E-state index is 0.0243. The number of imidazole rings is 2. The molecule has 61 heavy (non-hydrogen) atoms. The van der Waals surface area contributed by atoms with E-state index in [-0.39, 0.29) is 47.8 Å². The molecule has 5 heterocycles. The molecule has 10 rings (SSSR count). The Morgan fingerprint density at radius 1 is 0.738 bits per heavy atom. The summed E-state index contributed by atoms with van der Waals surface area (Å²) in [7, 11) is 2.63. The lowest BCUT2D eigenvalue weighted by Crippen LogP contribution is -2.54. The van der Waals surface area contributed by atoms with Crippen molar-refractivity contribution >= 4 is 45.8 Å². The van der Waals surface area contributed by atoms with E-state index in [9.17, 15) is 19.2 Å². The molecule has 15 heteroatoms. The third kappa shape index (κ3) is 7.25. The highest BCUT2D eigenvalue weighted by Gasteiger charge is 2.57. The van der Waals surface area contributed by atoms with Crippen LogP contribution in [0, 0.1) is 23.7 Å². The summed E-state index contributed by atoms with van der Waals surface area (Å²) in [6, 6.07) is 17.6. The molecule has 15 nitrogen and oxygen atoms in total. The summed E-state index contributed by atoms with van der Waals surface area (Å²) in [6.45, 7) is 4.97. The number of nitrogens with one attached hydrogen (secondary N) is 4. The lowest BCUT2D eigenvalue weighted by atomic mass is 9.90. The van der Waals surface area contributed by atoms with E-state index in [0.29, 0.717) is 37.9 Å². The Hall–Kier alpha value is -5.96. The summed E-state index contributed by atoms with van der Waals surface area (Å²) in [5, 5.41) is 7.79. The summed E-state index contributed by atoms with van der Waals surface area (Å²) in [6.07, 6.45) is 5.64. The molecule has 3 saturated heterocycles. The first kappa shape index (κ1) is 39.2. The molecule has 4 N–H and O–H groups in total. The van der Waals surface area contributed by atoms with Crippen LogP contribution in [0.5, 0.6) is 0 Å². The van der Waals surface area contributed by atoms with Gasteiger partial charge in [0, 0.05) is 30.9 Å². The number of benzene rings is 3. The lowest BCUT2D eigenvalue weighted by molar-refractivity contribution is -0.138. The third-order valence-electron chi connectivity index (χ3n) is 13.8. The molecule has 318 valence electrons. The number of aromatic amines is 2. The number of hydrogen-bond acceptors (Lipinski definition) is 9. The van der Waals surface area contributed by atoms with Gasteiger partial charge in [0.2, 0.25) is 11.8 Å². The number of ether oxygens (including phenoxy) is 3. The Morgan fingerprint density at radius 3 is 2.03 bits per heavy atom. The maximum atomic E-state index is 14.3. The molecule has 5 aromatic rings. The fourth-order valence-corrected chi connectivity index (χ4v) is 10.3. The molecule has 2 aromatic heterocycles. The summed E-state index contributed by atoms with van der Waals surface area (Å²) in [4.78, 5) is 73.4. The zero-order valence-corrected chi connectivity index (χ0v) is 34.9. The van der Waals surface area contributed by atoms with Gasteiger partial charge in [-0.1, -0.05) is 44.2 Å². The first-order valence-corrected chi connectivity index (χ1v) is 21.6. The SMILES string of the molecule is COC(=O)N[C@H](C(=O)N1[C@@H]2C[C@@H]2C[C@H]1c1ncc(-c2ccc3cc(-c4ccc5nc([C@@H]6C[C@H]7C[C@H]7N6C(=O)[C@@H](NC(=O)OC)C6CCOCC6)[nH]c5c4)ccc3c2)[nH]1)C(C)C. The predicted molar refractivity (Wildman–Crippen MR) is 226 cm³/mol. The number of carbonyl (C=O) groups is 4. The highest BCUT2D eigenvalue weighted by molar-refractivity contribution is 5.92. The van der Waals surface area contributed by atoms with Crippen LogP contribution in [0.4, 0.5) is 9.59 Å². The van der Waals surface area contributed by atoms with Gasteiger partial charge in [-0.15, -0.1) is 0 Å². The summed E-state index contributed by atoms with van der Waals surface area (Å²) in [5.74, 6) is 2.09. The molecular formula is C46H52N8O7.